The van der Waals surface area contributed by atoms with Crippen LogP contribution in [0.15, 0.2) is 23.1 Å². The molecule has 1 aromatic carbocycles. The van der Waals surface area contributed by atoms with Crippen molar-refractivity contribution in [2.45, 2.75) is 56.6 Å². The van der Waals surface area contributed by atoms with Gasteiger partial charge in [0, 0.05) is 11.6 Å². The topological polar surface area (TPSA) is 154 Å². The molecule has 4 N–H and O–H groups in total. The van der Waals surface area contributed by atoms with E-state index in [0.717, 1.165) is 32.0 Å². The van der Waals surface area contributed by atoms with Gasteiger partial charge in [0.05, 0.1) is 9.82 Å². The third-order valence-electron chi connectivity index (χ3n) is 4.04. The summed E-state index contributed by atoms with van der Waals surface area (Å²) in [5, 5.41) is 22.6. The van der Waals surface area contributed by atoms with Crippen LogP contribution < -0.4 is 15.8 Å². The number of carbonyl (C=O) groups is 1. The second-order valence-electron chi connectivity index (χ2n) is 7.74. The van der Waals surface area contributed by atoms with Crippen molar-refractivity contribution in [1.82, 2.24) is 5.32 Å². The van der Waals surface area contributed by atoms with E-state index in [1.807, 2.05) is 27.7 Å². The van der Waals surface area contributed by atoms with Crippen LogP contribution in [0.3, 0.4) is 0 Å². The molecule has 1 aromatic rings. The van der Waals surface area contributed by atoms with E-state index in [1.165, 1.54) is 12.1 Å². The van der Waals surface area contributed by atoms with Crippen LogP contribution in [0.5, 0.6) is 0 Å². The van der Waals surface area contributed by atoms with Crippen LogP contribution in [-0.4, -0.2) is 44.0 Å². The Labute approximate surface area is 165 Å². The van der Waals surface area contributed by atoms with Crippen molar-refractivity contribution in [3.8, 4) is 0 Å². The Morgan fingerprint density at radius 1 is 1.32 bits per heavy atom. The number of piperidine rings is 1. The second-order valence-corrected chi connectivity index (χ2v) is 9.30. The summed E-state index contributed by atoms with van der Waals surface area (Å²) in [6, 6.07) is 3.66. The molecule has 11 heteroatoms. The highest BCUT2D eigenvalue weighted by Crippen LogP contribution is 2.32. The average molecular weight is 417 g/mol. The molecule has 0 unspecified atom stereocenters. The van der Waals surface area contributed by atoms with Crippen LogP contribution in [0.2, 0.25) is 0 Å². The van der Waals surface area contributed by atoms with E-state index in [4.69, 9.17) is 5.14 Å². The van der Waals surface area contributed by atoms with Crippen molar-refractivity contribution in [3.63, 3.8) is 0 Å². The van der Waals surface area contributed by atoms with Gasteiger partial charge in [0.2, 0.25) is 10.0 Å². The highest BCUT2D eigenvalue weighted by atomic mass is 32.2. The molecule has 28 heavy (non-hydrogen) atoms. The highest BCUT2D eigenvalue weighted by molar-refractivity contribution is 7.89. The Morgan fingerprint density at radius 2 is 1.89 bits per heavy atom. The zero-order valence-corrected chi connectivity index (χ0v) is 17.3. The van der Waals surface area contributed by atoms with Gasteiger partial charge in [0.1, 0.15) is 11.3 Å². The summed E-state index contributed by atoms with van der Waals surface area (Å²) in [5.74, 6) is 0. The van der Waals surface area contributed by atoms with Crippen molar-refractivity contribution in [3.05, 3.63) is 28.3 Å². The lowest BCUT2D eigenvalue weighted by atomic mass is 9.90. The zero-order valence-electron chi connectivity index (χ0n) is 16.5. The van der Waals surface area contributed by atoms with E-state index in [2.05, 4.69) is 15.4 Å². The number of primary sulfonamides is 1. The fourth-order valence-corrected chi connectivity index (χ4v) is 3.05. The van der Waals surface area contributed by atoms with Crippen LogP contribution >= 0.6 is 0 Å². The van der Waals surface area contributed by atoms with E-state index >= 15 is 0 Å². The molecule has 1 heterocycles. The molecule has 1 fully saturated rings. The predicted octanol–water partition coefficient (Wildman–Crippen LogP) is 1.75. The first-order valence-corrected chi connectivity index (χ1v) is 10.2. The van der Waals surface area contributed by atoms with Gasteiger partial charge in [0.15, 0.2) is 0 Å². The number of benzene rings is 1. The molecular formula is C17H28N4O6S. The maximum Gasteiger partial charge on any atom is 0.293 e. The van der Waals surface area contributed by atoms with Gasteiger partial charge in [-0.1, -0.05) is 0 Å². The van der Waals surface area contributed by atoms with Crippen molar-refractivity contribution in [1.29, 1.82) is 0 Å². The molecule has 0 saturated carbocycles. The summed E-state index contributed by atoms with van der Waals surface area (Å²) >= 11 is 0. The first kappa shape index (κ1) is 23.8. The van der Waals surface area contributed by atoms with Gasteiger partial charge in [-0.25, -0.2) is 13.6 Å². The van der Waals surface area contributed by atoms with Gasteiger partial charge >= 0.3 is 0 Å². The Bertz CT molecular complexity index is 798. The molecule has 1 saturated heterocycles. The van der Waals surface area contributed by atoms with E-state index in [0.29, 0.717) is 12.2 Å². The molecule has 158 valence electrons. The Morgan fingerprint density at radius 3 is 2.29 bits per heavy atom. The smallest absolute Gasteiger partial charge is 0.293 e. The minimum Gasteiger partial charge on any atom is -0.462 e. The number of nitro groups is 1. The number of nitro benzene ring substituents is 1. The van der Waals surface area contributed by atoms with Gasteiger partial charge in [-0.2, -0.15) is 0 Å². The number of hydrogen-bond donors (Lipinski definition) is 3. The quantitative estimate of drug-likeness (QED) is 0.373. The SMILES string of the molecule is CC(C)(C)OC=O.CC1(Nc2ccc(S(N)(=O)=O)cc2[N+](=O)[O-])CCNCC1. The molecule has 0 spiro atoms. The maximum atomic E-state index is 11.3. The number of anilines is 1. The standard InChI is InChI=1S/C12H18N4O4S.C5H10O2/c1-12(4-6-14-7-5-12)15-10-3-2-9(21(13,19)20)8-11(10)16(17)18;1-5(2,3)7-4-6/h2-3,8,14-15H,4-7H2,1H3,(H2,13,19,20);4H,1-3H3. The molecular weight excluding hydrogens is 388 g/mol. The lowest BCUT2D eigenvalue weighted by Crippen LogP contribution is -2.45. The van der Waals surface area contributed by atoms with Gasteiger partial charge in [-0.05, 0) is 65.8 Å². The Balaban J connectivity index is 0.000000480. The molecule has 0 atom stereocenters. The Hall–Kier alpha value is -2.24. The van der Waals surface area contributed by atoms with Crippen molar-refractivity contribution >= 4 is 27.9 Å². The molecule has 10 nitrogen and oxygen atoms in total. The van der Waals surface area contributed by atoms with Crippen LogP contribution in [0.25, 0.3) is 0 Å². The molecule has 0 bridgehead atoms. The lowest BCUT2D eigenvalue weighted by Gasteiger charge is -2.35. The van der Waals surface area contributed by atoms with Crippen LogP contribution in [0.1, 0.15) is 40.5 Å². The number of sulfonamides is 1. The largest absolute Gasteiger partial charge is 0.462 e. The number of nitrogens with two attached hydrogens (primary N) is 1. The number of ether oxygens (including phenoxy) is 1. The molecule has 0 aromatic heterocycles. The van der Waals surface area contributed by atoms with Crippen molar-refractivity contribution in [2.24, 2.45) is 5.14 Å². The molecule has 2 rings (SSSR count). The van der Waals surface area contributed by atoms with Crippen molar-refractivity contribution < 1.29 is 22.9 Å². The highest BCUT2D eigenvalue weighted by Gasteiger charge is 2.29. The third-order valence-corrected chi connectivity index (χ3v) is 4.95. The van der Waals surface area contributed by atoms with Gasteiger partial charge in [-0.15, -0.1) is 0 Å². The lowest BCUT2D eigenvalue weighted by molar-refractivity contribution is -0.384. The van der Waals surface area contributed by atoms with E-state index in [1.54, 1.807) is 0 Å². The van der Waals surface area contributed by atoms with Gasteiger partial charge < -0.3 is 15.4 Å². The second kappa shape index (κ2) is 9.30. The van der Waals surface area contributed by atoms with Crippen LogP contribution in [-0.2, 0) is 19.6 Å². The number of nitrogens with zero attached hydrogens (tertiary/aromatic N) is 1. The summed E-state index contributed by atoms with van der Waals surface area (Å²) in [4.78, 5) is 19.9. The zero-order chi connectivity index (χ0) is 21.6. The average Bonchev–Trinajstić information content (AvgIpc) is 2.53. The predicted molar refractivity (Wildman–Crippen MR) is 106 cm³/mol. The first-order chi connectivity index (χ1) is 12.8. The summed E-state index contributed by atoms with van der Waals surface area (Å²) in [7, 11) is -3.97. The third kappa shape index (κ3) is 7.79. The van der Waals surface area contributed by atoms with Crippen molar-refractivity contribution in [2.75, 3.05) is 18.4 Å². The van der Waals surface area contributed by atoms with Gasteiger partial charge in [0.25, 0.3) is 12.2 Å². The number of nitrogens with one attached hydrogen (secondary N) is 2. The minimum absolute atomic E-state index is 0.265. The monoisotopic (exact) mass is 416 g/mol. The molecule has 1 aliphatic rings. The number of hydrogen-bond acceptors (Lipinski definition) is 8. The molecule has 0 aliphatic carbocycles. The molecule has 1 aliphatic heterocycles. The van der Waals surface area contributed by atoms with Crippen LogP contribution in [0, 0.1) is 10.1 Å². The summed E-state index contributed by atoms with van der Waals surface area (Å²) < 4.78 is 27.1. The fraction of sp³-hybridized carbons (Fsp3) is 0.588. The summed E-state index contributed by atoms with van der Waals surface area (Å²) in [6.07, 6.45) is 1.64. The summed E-state index contributed by atoms with van der Waals surface area (Å²) in [6.45, 7) is 9.56. The summed E-state index contributed by atoms with van der Waals surface area (Å²) in [5.41, 5.74) is -0.570. The first-order valence-electron chi connectivity index (χ1n) is 8.69. The Kier molecular flexibility index (Phi) is 7.91. The van der Waals surface area contributed by atoms with E-state index in [-0.39, 0.29) is 21.7 Å². The van der Waals surface area contributed by atoms with E-state index in [9.17, 15) is 23.3 Å². The number of rotatable bonds is 5. The van der Waals surface area contributed by atoms with Crippen LogP contribution in [0.4, 0.5) is 11.4 Å². The minimum atomic E-state index is -3.97. The van der Waals surface area contributed by atoms with E-state index < -0.39 is 14.9 Å². The van der Waals surface area contributed by atoms with Gasteiger partial charge in [-0.3, -0.25) is 14.9 Å². The molecule has 0 amide bonds. The molecule has 0 radical (unpaired) electrons. The fourth-order valence-electron chi connectivity index (χ4n) is 2.52. The number of carbonyl (C=O) groups excluding carboxylic acids is 1. The normalized spacial score (nSPS) is 16.3. The maximum absolute atomic E-state index is 11.3.